The van der Waals surface area contributed by atoms with E-state index < -0.39 is 5.91 Å². The molecule has 0 fully saturated rings. The van der Waals surface area contributed by atoms with Gasteiger partial charge in [0, 0.05) is 5.69 Å². The predicted molar refractivity (Wildman–Crippen MR) is 78.5 cm³/mol. The summed E-state index contributed by atoms with van der Waals surface area (Å²) in [4.78, 5) is 11.8. The van der Waals surface area contributed by atoms with Crippen molar-refractivity contribution in [1.82, 2.24) is 5.32 Å². The van der Waals surface area contributed by atoms with E-state index in [1.165, 1.54) is 18.2 Å². The zero-order valence-corrected chi connectivity index (χ0v) is 11.2. The Labute approximate surface area is 121 Å². The summed E-state index contributed by atoms with van der Waals surface area (Å²) in [7, 11) is 0. The van der Waals surface area contributed by atoms with Gasteiger partial charge in [0.2, 0.25) is 0 Å². The molecule has 1 amide bonds. The third-order valence-corrected chi connectivity index (χ3v) is 2.78. The number of nitrogen functional groups attached to an aromatic ring is 1. The van der Waals surface area contributed by atoms with Crippen molar-refractivity contribution >= 4 is 11.6 Å². The molecule has 0 spiro atoms. The molecule has 110 valence electrons. The van der Waals surface area contributed by atoms with E-state index in [0.717, 1.165) is 0 Å². The van der Waals surface area contributed by atoms with E-state index in [0.29, 0.717) is 11.4 Å². The van der Waals surface area contributed by atoms with E-state index >= 15 is 0 Å². The van der Waals surface area contributed by atoms with Crippen LogP contribution in [-0.2, 0) is 0 Å². The minimum absolute atomic E-state index is 0.148. The minimum atomic E-state index is -0.563. The van der Waals surface area contributed by atoms with Gasteiger partial charge >= 0.3 is 0 Å². The summed E-state index contributed by atoms with van der Waals surface area (Å²) in [5.74, 6) is -0.464. The van der Waals surface area contributed by atoms with Crippen LogP contribution in [0.4, 0.5) is 5.69 Å². The lowest BCUT2D eigenvalue weighted by atomic mass is 10.1. The average molecular weight is 288 g/mol. The molecule has 5 N–H and O–H groups in total. The fraction of sp³-hybridized carbons (Fsp3) is 0.133. The number of hydrogen-bond acceptors (Lipinski definition) is 5. The summed E-state index contributed by atoms with van der Waals surface area (Å²) < 4.78 is 5.41. The molecule has 0 saturated heterocycles. The summed E-state index contributed by atoms with van der Waals surface area (Å²) in [6.45, 7) is 0.487. The van der Waals surface area contributed by atoms with Gasteiger partial charge < -0.3 is 26.0 Å². The van der Waals surface area contributed by atoms with Crippen LogP contribution in [0.15, 0.2) is 42.5 Å². The average Bonchev–Trinajstić information content (AvgIpc) is 2.45. The second-order valence-corrected chi connectivity index (χ2v) is 4.34. The number of amides is 1. The zero-order chi connectivity index (χ0) is 15.2. The Kier molecular flexibility index (Phi) is 4.50. The smallest absolute Gasteiger partial charge is 0.258 e. The lowest BCUT2D eigenvalue weighted by Crippen LogP contribution is -2.28. The molecule has 2 aromatic rings. The second kappa shape index (κ2) is 6.51. The van der Waals surface area contributed by atoms with Crippen molar-refractivity contribution < 1.29 is 19.7 Å². The number of aromatic hydroxyl groups is 2. The van der Waals surface area contributed by atoms with Crippen molar-refractivity contribution in [3.8, 4) is 17.2 Å². The van der Waals surface area contributed by atoms with Gasteiger partial charge in [0.05, 0.1) is 6.54 Å². The first-order chi connectivity index (χ1) is 10.1. The second-order valence-electron chi connectivity index (χ2n) is 4.34. The quantitative estimate of drug-likeness (QED) is 0.493. The summed E-state index contributed by atoms with van der Waals surface area (Å²) in [5.41, 5.74) is 6.05. The van der Waals surface area contributed by atoms with Gasteiger partial charge in [-0.25, -0.2) is 0 Å². The summed E-state index contributed by atoms with van der Waals surface area (Å²) >= 11 is 0. The first-order valence-electron chi connectivity index (χ1n) is 6.35. The maximum atomic E-state index is 11.8. The molecule has 0 bridgehead atoms. The van der Waals surface area contributed by atoms with Crippen molar-refractivity contribution in [3.63, 3.8) is 0 Å². The summed E-state index contributed by atoms with van der Waals surface area (Å²) in [6.07, 6.45) is 0. The SMILES string of the molecule is Nc1ccc(OCCNC(=O)c2c(O)cccc2O)cc1. The van der Waals surface area contributed by atoms with E-state index in [1.54, 1.807) is 24.3 Å². The Morgan fingerprint density at radius 2 is 1.71 bits per heavy atom. The molecule has 0 heterocycles. The third-order valence-electron chi connectivity index (χ3n) is 2.78. The molecule has 0 saturated carbocycles. The molecular weight excluding hydrogens is 272 g/mol. The highest BCUT2D eigenvalue weighted by atomic mass is 16.5. The molecular formula is C15H16N2O4. The number of phenolic OH excluding ortho intramolecular Hbond substituents is 2. The van der Waals surface area contributed by atoms with Crippen molar-refractivity contribution in [2.45, 2.75) is 0 Å². The molecule has 0 aliphatic rings. The Balaban J connectivity index is 1.83. The first-order valence-corrected chi connectivity index (χ1v) is 6.35. The Morgan fingerprint density at radius 3 is 2.33 bits per heavy atom. The van der Waals surface area contributed by atoms with Crippen LogP contribution in [0.3, 0.4) is 0 Å². The van der Waals surface area contributed by atoms with Gasteiger partial charge in [-0.05, 0) is 36.4 Å². The molecule has 0 radical (unpaired) electrons. The number of carbonyl (C=O) groups is 1. The Morgan fingerprint density at radius 1 is 1.10 bits per heavy atom. The largest absolute Gasteiger partial charge is 0.507 e. The van der Waals surface area contributed by atoms with E-state index in [2.05, 4.69) is 5.32 Å². The molecule has 6 nitrogen and oxygen atoms in total. The van der Waals surface area contributed by atoms with E-state index in [4.69, 9.17) is 10.5 Å². The molecule has 21 heavy (non-hydrogen) atoms. The van der Waals surface area contributed by atoms with Crippen molar-refractivity contribution in [2.75, 3.05) is 18.9 Å². The third kappa shape index (κ3) is 3.79. The maximum Gasteiger partial charge on any atom is 0.258 e. The van der Waals surface area contributed by atoms with Gasteiger partial charge in [-0.3, -0.25) is 4.79 Å². The van der Waals surface area contributed by atoms with E-state index in [-0.39, 0.29) is 30.2 Å². The number of hydrogen-bond donors (Lipinski definition) is 4. The van der Waals surface area contributed by atoms with Crippen LogP contribution in [0.2, 0.25) is 0 Å². The number of carbonyl (C=O) groups excluding carboxylic acids is 1. The van der Waals surface area contributed by atoms with Gasteiger partial charge in [-0.2, -0.15) is 0 Å². The van der Waals surface area contributed by atoms with Crippen LogP contribution in [0.25, 0.3) is 0 Å². The van der Waals surface area contributed by atoms with Crippen LogP contribution in [0.1, 0.15) is 10.4 Å². The van der Waals surface area contributed by atoms with E-state index in [1.807, 2.05) is 0 Å². The highest BCUT2D eigenvalue weighted by Gasteiger charge is 2.15. The van der Waals surface area contributed by atoms with E-state index in [9.17, 15) is 15.0 Å². The van der Waals surface area contributed by atoms with Crippen LogP contribution in [0, 0.1) is 0 Å². The molecule has 0 atom stereocenters. The van der Waals surface area contributed by atoms with Crippen LogP contribution < -0.4 is 15.8 Å². The van der Waals surface area contributed by atoms with Crippen molar-refractivity contribution in [2.24, 2.45) is 0 Å². The number of benzene rings is 2. The lowest BCUT2D eigenvalue weighted by molar-refractivity contribution is 0.0941. The van der Waals surface area contributed by atoms with Gasteiger partial charge in [0.25, 0.3) is 5.91 Å². The number of nitrogens with two attached hydrogens (primary N) is 1. The molecule has 0 unspecified atom stereocenters. The van der Waals surface area contributed by atoms with Crippen LogP contribution >= 0.6 is 0 Å². The van der Waals surface area contributed by atoms with Crippen molar-refractivity contribution in [3.05, 3.63) is 48.0 Å². The van der Waals surface area contributed by atoms with Crippen LogP contribution in [0.5, 0.6) is 17.2 Å². The first kappa shape index (κ1) is 14.5. The number of rotatable bonds is 5. The topological polar surface area (TPSA) is 105 Å². The number of ether oxygens (including phenoxy) is 1. The lowest BCUT2D eigenvalue weighted by Gasteiger charge is -2.09. The standard InChI is InChI=1S/C15H16N2O4/c16-10-4-6-11(7-5-10)21-9-8-17-15(20)14-12(18)2-1-3-13(14)19/h1-7,18-19H,8-9,16H2,(H,17,20). The Bertz CT molecular complexity index is 606. The summed E-state index contributed by atoms with van der Waals surface area (Å²) in [5, 5.41) is 21.7. The highest BCUT2D eigenvalue weighted by molar-refractivity contribution is 5.99. The normalized spacial score (nSPS) is 10.1. The zero-order valence-electron chi connectivity index (χ0n) is 11.2. The maximum absolute atomic E-state index is 11.8. The molecule has 6 heteroatoms. The fourth-order valence-electron chi connectivity index (χ4n) is 1.75. The summed E-state index contributed by atoms with van der Waals surface area (Å²) in [6, 6.07) is 11.0. The molecule has 2 aromatic carbocycles. The number of nitrogens with one attached hydrogen (secondary N) is 1. The van der Waals surface area contributed by atoms with Crippen molar-refractivity contribution in [1.29, 1.82) is 0 Å². The van der Waals surface area contributed by atoms with Crippen LogP contribution in [-0.4, -0.2) is 29.3 Å². The molecule has 0 aliphatic carbocycles. The van der Waals surface area contributed by atoms with Gasteiger partial charge in [0.1, 0.15) is 29.4 Å². The molecule has 0 aromatic heterocycles. The van der Waals surface area contributed by atoms with Gasteiger partial charge in [0.15, 0.2) is 0 Å². The monoisotopic (exact) mass is 288 g/mol. The predicted octanol–water partition coefficient (Wildman–Crippen LogP) is 1.49. The van der Waals surface area contributed by atoms with Gasteiger partial charge in [-0.1, -0.05) is 6.07 Å². The molecule has 0 aliphatic heterocycles. The minimum Gasteiger partial charge on any atom is -0.507 e. The van der Waals surface area contributed by atoms with Gasteiger partial charge in [-0.15, -0.1) is 0 Å². The fourth-order valence-corrected chi connectivity index (χ4v) is 1.75. The highest BCUT2D eigenvalue weighted by Crippen LogP contribution is 2.25. The number of anilines is 1. The Hall–Kier alpha value is -2.89. The number of phenols is 2. The molecule has 2 rings (SSSR count).